The Balaban J connectivity index is 1.88. The van der Waals surface area contributed by atoms with Crippen LogP contribution >= 0.6 is 22.6 Å². The minimum atomic E-state index is 0.155. The van der Waals surface area contributed by atoms with Crippen molar-refractivity contribution in [3.63, 3.8) is 0 Å². The van der Waals surface area contributed by atoms with Gasteiger partial charge in [0.15, 0.2) is 0 Å². The third kappa shape index (κ3) is 2.54. The number of amides is 1. The Morgan fingerprint density at radius 1 is 1.15 bits per heavy atom. The van der Waals surface area contributed by atoms with Gasteiger partial charge < -0.3 is 9.64 Å². The summed E-state index contributed by atoms with van der Waals surface area (Å²) in [6, 6.07) is 8.91. The topological polar surface area (TPSA) is 29.5 Å². The Labute approximate surface area is 133 Å². The van der Waals surface area contributed by atoms with Crippen molar-refractivity contribution in [2.24, 2.45) is 0 Å². The largest absolute Gasteiger partial charge is 0.497 e. The fraction of sp³-hybridized carbons (Fsp3) is 0.562. The molecule has 4 heteroatoms. The molecule has 1 amide bonds. The highest BCUT2D eigenvalue weighted by molar-refractivity contribution is 14.1. The Hall–Kier alpha value is -0.780. The Morgan fingerprint density at radius 2 is 1.90 bits per heavy atom. The molecule has 3 nitrogen and oxygen atoms in total. The van der Waals surface area contributed by atoms with Crippen molar-refractivity contribution in [1.82, 2.24) is 4.90 Å². The van der Waals surface area contributed by atoms with E-state index in [2.05, 4.69) is 39.6 Å². The van der Waals surface area contributed by atoms with Crippen LogP contribution in [-0.4, -0.2) is 27.9 Å². The maximum atomic E-state index is 12.6. The van der Waals surface area contributed by atoms with Crippen LogP contribution < -0.4 is 4.74 Å². The molecule has 1 aromatic rings. The highest BCUT2D eigenvalue weighted by Crippen LogP contribution is 2.40. The first kappa shape index (κ1) is 14.2. The van der Waals surface area contributed by atoms with E-state index in [1.54, 1.807) is 7.11 Å². The molecule has 0 bridgehead atoms. The lowest BCUT2D eigenvalue weighted by molar-refractivity contribution is -0.140. The average molecular weight is 385 g/mol. The molecule has 0 N–H and O–H groups in total. The first-order chi connectivity index (χ1) is 9.70. The van der Waals surface area contributed by atoms with E-state index >= 15 is 0 Å². The van der Waals surface area contributed by atoms with Gasteiger partial charge in [-0.2, -0.15) is 0 Å². The van der Waals surface area contributed by atoms with Gasteiger partial charge in [-0.05, 0) is 49.8 Å². The van der Waals surface area contributed by atoms with Crippen LogP contribution in [0.5, 0.6) is 5.75 Å². The van der Waals surface area contributed by atoms with Gasteiger partial charge >= 0.3 is 0 Å². The van der Waals surface area contributed by atoms with Gasteiger partial charge in [-0.25, -0.2) is 0 Å². The number of alkyl halides is 1. The highest BCUT2D eigenvalue weighted by atomic mass is 127. The number of halogens is 1. The standard InChI is InChI=1S/C16H20INO2/c1-20-13-8-5-11(6-9-13)15-4-2-3-12-7-10-14(17)16(19)18(12)15/h5-6,8-9,12,14-15H,2-4,7,10H2,1H3/t12-,14-,15-/m1/s1. The van der Waals surface area contributed by atoms with Crippen molar-refractivity contribution in [2.45, 2.75) is 48.1 Å². The first-order valence-electron chi connectivity index (χ1n) is 7.31. The molecular weight excluding hydrogens is 365 g/mol. The van der Waals surface area contributed by atoms with E-state index in [0.717, 1.165) is 25.0 Å². The number of carbonyl (C=O) groups is 1. The van der Waals surface area contributed by atoms with E-state index in [4.69, 9.17) is 4.74 Å². The second-order valence-electron chi connectivity index (χ2n) is 5.66. The number of carbonyl (C=O) groups excluding carboxylic acids is 1. The SMILES string of the molecule is COc1ccc([C@H]2CCC[C@@H]3CC[C@@H](I)C(=O)N32)cc1. The quantitative estimate of drug-likeness (QED) is 0.574. The number of ether oxygens (including phenoxy) is 1. The molecule has 1 aromatic carbocycles. The Morgan fingerprint density at radius 3 is 2.60 bits per heavy atom. The van der Waals surface area contributed by atoms with Crippen molar-refractivity contribution in [3.8, 4) is 5.75 Å². The van der Waals surface area contributed by atoms with Crippen molar-refractivity contribution in [2.75, 3.05) is 7.11 Å². The summed E-state index contributed by atoms with van der Waals surface area (Å²) in [7, 11) is 1.68. The summed E-state index contributed by atoms with van der Waals surface area (Å²) in [6.07, 6.45) is 5.67. The van der Waals surface area contributed by atoms with Crippen LogP contribution in [0.15, 0.2) is 24.3 Å². The van der Waals surface area contributed by atoms with Crippen LogP contribution in [-0.2, 0) is 4.79 Å². The number of methoxy groups -OCH3 is 1. The zero-order valence-electron chi connectivity index (χ0n) is 11.7. The van der Waals surface area contributed by atoms with Crippen LogP contribution in [0.1, 0.15) is 43.7 Å². The molecule has 2 aliphatic rings. The van der Waals surface area contributed by atoms with Crippen LogP contribution in [0.3, 0.4) is 0 Å². The Kier molecular flexibility index (Phi) is 4.19. The molecule has 3 atom stereocenters. The maximum absolute atomic E-state index is 12.6. The summed E-state index contributed by atoms with van der Waals surface area (Å²) in [5.74, 6) is 1.21. The molecule has 0 aliphatic carbocycles. The van der Waals surface area contributed by atoms with Gasteiger partial charge in [-0.1, -0.05) is 34.7 Å². The molecule has 0 radical (unpaired) electrons. The predicted molar refractivity (Wildman–Crippen MR) is 87.3 cm³/mol. The predicted octanol–water partition coefficient (Wildman–Crippen LogP) is 3.71. The van der Waals surface area contributed by atoms with Crippen LogP contribution in [0, 0.1) is 0 Å². The number of piperidine rings is 2. The summed E-state index contributed by atoms with van der Waals surface area (Å²) >= 11 is 2.30. The van der Waals surface area contributed by atoms with Crippen molar-refractivity contribution < 1.29 is 9.53 Å². The van der Waals surface area contributed by atoms with Crippen LogP contribution in [0.25, 0.3) is 0 Å². The first-order valence-corrected chi connectivity index (χ1v) is 8.55. The molecular formula is C16H20INO2. The molecule has 2 fully saturated rings. The van der Waals surface area contributed by atoms with E-state index in [9.17, 15) is 4.79 Å². The third-order valence-electron chi connectivity index (χ3n) is 4.52. The second-order valence-corrected chi connectivity index (χ2v) is 7.17. The molecule has 0 aromatic heterocycles. The van der Waals surface area contributed by atoms with Gasteiger partial charge in [-0.15, -0.1) is 0 Å². The van der Waals surface area contributed by atoms with E-state index in [0.29, 0.717) is 11.9 Å². The molecule has 3 rings (SSSR count). The fourth-order valence-electron chi connectivity index (χ4n) is 3.47. The smallest absolute Gasteiger partial charge is 0.236 e. The highest BCUT2D eigenvalue weighted by Gasteiger charge is 2.40. The molecule has 2 aliphatic heterocycles. The molecule has 0 spiro atoms. The zero-order chi connectivity index (χ0) is 14.1. The van der Waals surface area contributed by atoms with E-state index in [1.165, 1.54) is 18.4 Å². The molecule has 108 valence electrons. The second kappa shape index (κ2) is 5.92. The van der Waals surface area contributed by atoms with Crippen molar-refractivity contribution in [3.05, 3.63) is 29.8 Å². The molecule has 0 saturated carbocycles. The summed E-state index contributed by atoms with van der Waals surface area (Å²) < 4.78 is 5.37. The number of benzene rings is 1. The normalized spacial score (nSPS) is 30.0. The van der Waals surface area contributed by atoms with Crippen LogP contribution in [0.2, 0.25) is 0 Å². The summed E-state index contributed by atoms with van der Waals surface area (Å²) in [5, 5.41) is 0. The average Bonchev–Trinajstić information content (AvgIpc) is 2.50. The molecule has 20 heavy (non-hydrogen) atoms. The molecule has 0 unspecified atom stereocenters. The molecule has 2 saturated heterocycles. The van der Waals surface area contributed by atoms with Gasteiger partial charge in [0, 0.05) is 6.04 Å². The fourth-order valence-corrected chi connectivity index (χ4v) is 4.15. The summed E-state index contributed by atoms with van der Waals surface area (Å²) in [6.45, 7) is 0. The number of rotatable bonds is 2. The number of hydrogen-bond donors (Lipinski definition) is 0. The monoisotopic (exact) mass is 385 g/mol. The van der Waals surface area contributed by atoms with Gasteiger partial charge in [0.2, 0.25) is 5.91 Å². The van der Waals surface area contributed by atoms with E-state index in [-0.39, 0.29) is 9.97 Å². The summed E-state index contributed by atoms with van der Waals surface area (Å²) in [4.78, 5) is 14.7. The van der Waals surface area contributed by atoms with Gasteiger partial charge in [0.05, 0.1) is 17.1 Å². The van der Waals surface area contributed by atoms with Crippen molar-refractivity contribution in [1.29, 1.82) is 0 Å². The van der Waals surface area contributed by atoms with Gasteiger partial charge in [0.1, 0.15) is 5.75 Å². The lowest BCUT2D eigenvalue weighted by Crippen LogP contribution is -2.52. The van der Waals surface area contributed by atoms with E-state index in [1.807, 2.05) is 12.1 Å². The zero-order valence-corrected chi connectivity index (χ0v) is 13.9. The maximum Gasteiger partial charge on any atom is 0.236 e. The third-order valence-corrected chi connectivity index (χ3v) is 5.68. The lowest BCUT2D eigenvalue weighted by atomic mass is 9.85. The number of fused-ring (bicyclic) bond motifs is 1. The van der Waals surface area contributed by atoms with Crippen molar-refractivity contribution >= 4 is 28.5 Å². The number of hydrogen-bond acceptors (Lipinski definition) is 2. The van der Waals surface area contributed by atoms with Gasteiger partial charge in [-0.3, -0.25) is 4.79 Å². The minimum Gasteiger partial charge on any atom is -0.497 e. The van der Waals surface area contributed by atoms with Gasteiger partial charge in [0.25, 0.3) is 0 Å². The minimum absolute atomic E-state index is 0.155. The Bertz CT molecular complexity index is 488. The lowest BCUT2D eigenvalue weighted by Gasteiger charge is -2.46. The molecule has 2 heterocycles. The van der Waals surface area contributed by atoms with E-state index < -0.39 is 0 Å². The number of nitrogens with zero attached hydrogens (tertiary/aromatic N) is 1. The van der Waals surface area contributed by atoms with Crippen LogP contribution in [0.4, 0.5) is 0 Å². The summed E-state index contributed by atoms with van der Waals surface area (Å²) in [5.41, 5.74) is 1.24.